The number of carbonyl (C=O) groups excluding carboxylic acids is 2. The molecule has 4 rings (SSSR count). The average Bonchev–Trinajstić information content (AvgIpc) is 3.15. The van der Waals surface area contributed by atoms with Crippen LogP contribution in [0.4, 0.5) is 4.39 Å². The molecule has 0 radical (unpaired) electrons. The molecule has 35 heavy (non-hydrogen) atoms. The molecule has 0 spiro atoms. The third kappa shape index (κ3) is 6.17. The van der Waals surface area contributed by atoms with Crippen LogP contribution in [-0.2, 0) is 11.3 Å². The number of aromatic nitrogens is 1. The van der Waals surface area contributed by atoms with Crippen molar-refractivity contribution in [2.75, 3.05) is 39.3 Å². The van der Waals surface area contributed by atoms with Crippen molar-refractivity contribution >= 4 is 23.3 Å². The molecule has 1 fully saturated rings. The highest BCUT2D eigenvalue weighted by molar-refractivity contribution is 6.30. The molecule has 0 saturated carbocycles. The number of nitrogens with zero attached hydrogens (tertiary/aromatic N) is 3. The average molecular weight is 497 g/mol. The van der Waals surface area contributed by atoms with Gasteiger partial charge in [0.2, 0.25) is 5.91 Å². The summed E-state index contributed by atoms with van der Waals surface area (Å²) in [6.07, 6.45) is 0. The molecule has 0 unspecified atom stereocenters. The Labute approximate surface area is 210 Å². The largest absolute Gasteiger partial charge is 0.351 e. The zero-order valence-electron chi connectivity index (χ0n) is 20.1. The van der Waals surface area contributed by atoms with Crippen LogP contribution in [0, 0.1) is 19.7 Å². The lowest BCUT2D eigenvalue weighted by atomic mass is 10.1. The molecule has 6 nitrogen and oxygen atoms in total. The van der Waals surface area contributed by atoms with Crippen LogP contribution in [0.3, 0.4) is 0 Å². The first-order valence-corrected chi connectivity index (χ1v) is 12.1. The predicted molar refractivity (Wildman–Crippen MR) is 136 cm³/mol. The first-order valence-electron chi connectivity index (χ1n) is 11.7. The van der Waals surface area contributed by atoms with Crippen LogP contribution in [0.25, 0.3) is 5.69 Å². The smallest absolute Gasteiger partial charge is 0.234 e. The zero-order chi connectivity index (χ0) is 24.9. The van der Waals surface area contributed by atoms with Gasteiger partial charge in [-0.3, -0.25) is 19.4 Å². The van der Waals surface area contributed by atoms with Gasteiger partial charge in [0.25, 0.3) is 0 Å². The quantitative estimate of drug-likeness (QED) is 0.479. The summed E-state index contributed by atoms with van der Waals surface area (Å²) in [7, 11) is 0. The molecule has 2 heterocycles. The Morgan fingerprint density at radius 2 is 1.60 bits per heavy atom. The predicted octanol–water partition coefficient (Wildman–Crippen LogP) is 4.00. The highest BCUT2D eigenvalue weighted by atomic mass is 35.5. The first-order chi connectivity index (χ1) is 16.8. The van der Waals surface area contributed by atoms with E-state index in [0.717, 1.165) is 48.8 Å². The number of Topliss-reactive ketones (excluding diaryl/α,β-unsaturated/α-hetero) is 1. The monoisotopic (exact) mass is 496 g/mol. The molecule has 1 aromatic heterocycles. The lowest BCUT2D eigenvalue weighted by Gasteiger charge is -2.33. The van der Waals surface area contributed by atoms with Crippen molar-refractivity contribution < 1.29 is 14.0 Å². The van der Waals surface area contributed by atoms with Crippen molar-refractivity contribution in [1.29, 1.82) is 0 Å². The third-order valence-corrected chi connectivity index (χ3v) is 6.71. The molecular weight excluding hydrogens is 467 g/mol. The molecule has 1 aliphatic heterocycles. The van der Waals surface area contributed by atoms with E-state index in [4.69, 9.17) is 11.6 Å². The number of hydrogen-bond donors (Lipinski definition) is 1. The second-order valence-electron chi connectivity index (χ2n) is 8.96. The number of ketones is 1. The molecule has 3 aromatic rings. The Morgan fingerprint density at radius 1 is 0.943 bits per heavy atom. The van der Waals surface area contributed by atoms with Gasteiger partial charge in [0, 0.05) is 55.4 Å². The fourth-order valence-corrected chi connectivity index (χ4v) is 4.69. The summed E-state index contributed by atoms with van der Waals surface area (Å²) in [4.78, 5) is 29.7. The van der Waals surface area contributed by atoms with Crippen molar-refractivity contribution in [3.8, 4) is 5.69 Å². The molecule has 1 amide bonds. The van der Waals surface area contributed by atoms with Crippen molar-refractivity contribution in [2.45, 2.75) is 20.4 Å². The van der Waals surface area contributed by atoms with Crippen LogP contribution in [0.15, 0.2) is 54.6 Å². The van der Waals surface area contributed by atoms with Gasteiger partial charge in [0.15, 0.2) is 5.78 Å². The van der Waals surface area contributed by atoms with Crippen LogP contribution in [-0.4, -0.2) is 65.3 Å². The Bertz CT molecular complexity index is 1200. The van der Waals surface area contributed by atoms with E-state index < -0.39 is 5.82 Å². The van der Waals surface area contributed by atoms with E-state index >= 15 is 0 Å². The van der Waals surface area contributed by atoms with Gasteiger partial charge in [0.05, 0.1) is 18.1 Å². The highest BCUT2D eigenvalue weighted by Crippen LogP contribution is 2.25. The zero-order valence-corrected chi connectivity index (χ0v) is 20.8. The molecule has 1 saturated heterocycles. The van der Waals surface area contributed by atoms with E-state index in [-0.39, 0.29) is 16.7 Å². The lowest BCUT2D eigenvalue weighted by molar-refractivity contribution is -0.122. The van der Waals surface area contributed by atoms with Gasteiger partial charge in [-0.15, -0.1) is 0 Å². The molecule has 184 valence electrons. The third-order valence-electron chi connectivity index (χ3n) is 6.42. The maximum atomic E-state index is 13.6. The topological polar surface area (TPSA) is 57.6 Å². The van der Waals surface area contributed by atoms with E-state index in [1.165, 1.54) is 6.07 Å². The summed E-state index contributed by atoms with van der Waals surface area (Å²) >= 11 is 5.96. The number of benzene rings is 2. The Kier molecular flexibility index (Phi) is 8.00. The van der Waals surface area contributed by atoms with Crippen LogP contribution in [0.5, 0.6) is 0 Å². The number of nitrogens with one attached hydrogen (secondary N) is 1. The van der Waals surface area contributed by atoms with Gasteiger partial charge in [0.1, 0.15) is 5.82 Å². The van der Waals surface area contributed by atoms with E-state index in [2.05, 4.69) is 15.1 Å². The summed E-state index contributed by atoms with van der Waals surface area (Å²) in [6.45, 7) is 7.94. The summed E-state index contributed by atoms with van der Waals surface area (Å²) < 4.78 is 15.5. The number of rotatable bonds is 8. The van der Waals surface area contributed by atoms with E-state index in [1.54, 1.807) is 12.1 Å². The minimum atomic E-state index is -0.470. The van der Waals surface area contributed by atoms with Gasteiger partial charge in [-0.05, 0) is 43.7 Å². The number of amides is 1. The fourth-order valence-electron chi connectivity index (χ4n) is 4.52. The second-order valence-corrected chi connectivity index (χ2v) is 9.36. The van der Waals surface area contributed by atoms with Crippen molar-refractivity contribution in [3.63, 3.8) is 0 Å². The summed E-state index contributed by atoms with van der Waals surface area (Å²) in [5.41, 5.74) is 4.16. The van der Waals surface area contributed by atoms with Gasteiger partial charge >= 0.3 is 0 Å². The van der Waals surface area contributed by atoms with Crippen LogP contribution in [0.2, 0.25) is 5.02 Å². The summed E-state index contributed by atoms with van der Waals surface area (Å²) in [5, 5.41) is 3.02. The molecule has 1 N–H and O–H groups in total. The molecular formula is C27H30ClFN4O2. The van der Waals surface area contributed by atoms with Crippen LogP contribution >= 0.6 is 11.6 Å². The lowest BCUT2D eigenvalue weighted by Crippen LogP contribution is -2.50. The molecule has 0 bridgehead atoms. The van der Waals surface area contributed by atoms with Gasteiger partial charge in [-0.2, -0.15) is 0 Å². The number of carbonyl (C=O) groups is 2. The second kappa shape index (κ2) is 11.2. The summed E-state index contributed by atoms with van der Waals surface area (Å²) in [5.74, 6) is -0.416. The van der Waals surface area contributed by atoms with Gasteiger partial charge in [-0.25, -0.2) is 4.39 Å². The molecule has 2 aromatic carbocycles. The summed E-state index contributed by atoms with van der Waals surface area (Å²) in [6, 6.07) is 16.3. The van der Waals surface area contributed by atoms with Crippen molar-refractivity contribution in [2.24, 2.45) is 0 Å². The Balaban J connectivity index is 1.29. The molecule has 0 aliphatic carbocycles. The number of piperazine rings is 1. The van der Waals surface area contributed by atoms with E-state index in [9.17, 15) is 14.0 Å². The number of hydrogen-bond acceptors (Lipinski definition) is 4. The van der Waals surface area contributed by atoms with Crippen LogP contribution in [0.1, 0.15) is 27.3 Å². The van der Waals surface area contributed by atoms with Gasteiger partial charge < -0.3 is 9.88 Å². The van der Waals surface area contributed by atoms with E-state index in [0.29, 0.717) is 25.2 Å². The number of halogens is 2. The maximum Gasteiger partial charge on any atom is 0.234 e. The Hall–Kier alpha value is -3.00. The standard InChI is InChI=1S/C27H30ClFN4O2/c1-19-14-23(20(2)33(19)22-8-9-25(29)24(28)15-22)26(34)17-31-10-12-32(13-11-31)18-27(35)30-16-21-6-4-3-5-7-21/h3-9,14-15H,10-13,16-18H2,1-2H3,(H,30,35). The maximum absolute atomic E-state index is 13.6. The molecule has 0 atom stereocenters. The first kappa shape index (κ1) is 25.1. The number of aryl methyl sites for hydroxylation is 1. The SMILES string of the molecule is Cc1cc(C(=O)CN2CCN(CC(=O)NCc3ccccc3)CC2)c(C)n1-c1ccc(F)c(Cl)c1. The van der Waals surface area contributed by atoms with Crippen molar-refractivity contribution in [1.82, 2.24) is 19.7 Å². The Morgan fingerprint density at radius 3 is 2.26 bits per heavy atom. The van der Waals surface area contributed by atoms with Crippen LogP contribution < -0.4 is 5.32 Å². The minimum absolute atomic E-state index is 0.00622. The van der Waals surface area contributed by atoms with Gasteiger partial charge in [-0.1, -0.05) is 41.9 Å². The van der Waals surface area contributed by atoms with Crippen molar-refractivity contribution in [3.05, 3.63) is 88.0 Å². The van der Waals surface area contributed by atoms with E-state index in [1.807, 2.05) is 54.8 Å². The molecule has 1 aliphatic rings. The normalized spacial score (nSPS) is 14.7. The fraction of sp³-hybridized carbons (Fsp3) is 0.333. The molecule has 8 heteroatoms. The highest BCUT2D eigenvalue weighted by Gasteiger charge is 2.23. The minimum Gasteiger partial charge on any atom is -0.351 e.